The van der Waals surface area contributed by atoms with Crippen molar-refractivity contribution in [1.29, 1.82) is 0 Å². The van der Waals surface area contributed by atoms with Gasteiger partial charge in [0.25, 0.3) is 0 Å². The van der Waals surface area contributed by atoms with Crippen LogP contribution in [0, 0.1) is 5.92 Å². The van der Waals surface area contributed by atoms with E-state index in [-0.39, 0.29) is 6.04 Å². The second-order valence-electron chi connectivity index (χ2n) is 5.68. The summed E-state index contributed by atoms with van der Waals surface area (Å²) in [6, 6.07) is 0.0921. The minimum atomic E-state index is -0.680. The number of piperidine rings is 1. The summed E-state index contributed by atoms with van der Waals surface area (Å²) in [5.41, 5.74) is 0. The van der Waals surface area contributed by atoms with E-state index in [1.54, 1.807) is 0 Å². The molecule has 0 bridgehead atoms. The number of nitrogens with zero attached hydrogens (tertiary/aromatic N) is 2. The van der Waals surface area contributed by atoms with E-state index in [9.17, 15) is 9.90 Å². The van der Waals surface area contributed by atoms with Crippen LogP contribution in [0.3, 0.4) is 0 Å². The van der Waals surface area contributed by atoms with Gasteiger partial charge < -0.3 is 10.0 Å². The van der Waals surface area contributed by atoms with Crippen molar-refractivity contribution in [2.24, 2.45) is 5.92 Å². The number of likely N-dealkylation sites (tertiary alicyclic amines) is 1. The molecule has 4 nitrogen and oxygen atoms in total. The molecular weight excluding hydrogens is 216 g/mol. The number of carbonyl (C=O) groups is 1. The van der Waals surface area contributed by atoms with Gasteiger partial charge in [0.1, 0.15) is 6.04 Å². The summed E-state index contributed by atoms with van der Waals surface area (Å²) < 4.78 is 0. The number of carboxylic acids is 1. The maximum Gasteiger partial charge on any atom is 0.320 e. The van der Waals surface area contributed by atoms with Crippen molar-refractivity contribution in [3.8, 4) is 0 Å². The molecule has 1 aliphatic heterocycles. The second-order valence-corrected chi connectivity index (χ2v) is 5.68. The van der Waals surface area contributed by atoms with Crippen molar-refractivity contribution in [1.82, 2.24) is 9.80 Å². The highest BCUT2D eigenvalue weighted by molar-refractivity contribution is 5.73. The molecule has 100 valence electrons. The molecule has 0 aromatic rings. The van der Waals surface area contributed by atoms with E-state index in [4.69, 9.17) is 0 Å². The molecule has 17 heavy (non-hydrogen) atoms. The molecule has 1 aliphatic rings. The van der Waals surface area contributed by atoms with Gasteiger partial charge in [0.2, 0.25) is 0 Å². The van der Waals surface area contributed by atoms with Crippen LogP contribution in [0.5, 0.6) is 0 Å². The van der Waals surface area contributed by atoms with Gasteiger partial charge in [-0.05, 0) is 52.4 Å². The number of hydrogen-bond acceptors (Lipinski definition) is 3. The van der Waals surface area contributed by atoms with Crippen molar-refractivity contribution < 1.29 is 9.90 Å². The Morgan fingerprint density at radius 1 is 1.41 bits per heavy atom. The zero-order valence-corrected chi connectivity index (χ0v) is 11.5. The van der Waals surface area contributed by atoms with E-state index in [1.807, 2.05) is 7.05 Å². The maximum absolute atomic E-state index is 11.3. The molecule has 0 amide bonds. The van der Waals surface area contributed by atoms with Gasteiger partial charge in [-0.15, -0.1) is 0 Å². The van der Waals surface area contributed by atoms with Gasteiger partial charge in [0.05, 0.1) is 0 Å². The Morgan fingerprint density at radius 3 is 2.35 bits per heavy atom. The Bertz CT molecular complexity index is 248. The van der Waals surface area contributed by atoms with Crippen LogP contribution in [0.4, 0.5) is 0 Å². The molecule has 1 fully saturated rings. The summed E-state index contributed by atoms with van der Waals surface area (Å²) >= 11 is 0. The van der Waals surface area contributed by atoms with Crippen LogP contribution in [0.2, 0.25) is 0 Å². The SMILES string of the molecule is CC(C)CC(C(=O)O)N(C)C1CCN(C)CC1. The van der Waals surface area contributed by atoms with Crippen molar-refractivity contribution in [3.05, 3.63) is 0 Å². The molecule has 0 aromatic heterocycles. The number of rotatable bonds is 5. The smallest absolute Gasteiger partial charge is 0.320 e. The number of carboxylic acid groups (broad SMARTS) is 1. The van der Waals surface area contributed by atoms with Crippen molar-refractivity contribution in [2.45, 2.75) is 45.2 Å². The van der Waals surface area contributed by atoms with E-state index in [2.05, 4.69) is 30.7 Å². The first kappa shape index (κ1) is 14.5. The van der Waals surface area contributed by atoms with Crippen LogP contribution in [-0.2, 0) is 4.79 Å². The fourth-order valence-corrected chi connectivity index (χ4v) is 2.54. The van der Waals surface area contributed by atoms with Gasteiger partial charge in [0, 0.05) is 6.04 Å². The van der Waals surface area contributed by atoms with Gasteiger partial charge in [-0.3, -0.25) is 9.69 Å². The normalized spacial score (nSPS) is 21.1. The van der Waals surface area contributed by atoms with E-state index in [1.165, 1.54) is 0 Å². The number of hydrogen-bond donors (Lipinski definition) is 1. The molecule has 1 unspecified atom stereocenters. The second kappa shape index (κ2) is 6.36. The largest absolute Gasteiger partial charge is 0.480 e. The van der Waals surface area contributed by atoms with Crippen LogP contribution >= 0.6 is 0 Å². The monoisotopic (exact) mass is 242 g/mol. The van der Waals surface area contributed by atoms with Crippen molar-refractivity contribution in [3.63, 3.8) is 0 Å². The standard InChI is InChI=1S/C13H26N2O2/c1-10(2)9-12(13(16)17)15(4)11-5-7-14(3)8-6-11/h10-12H,5-9H2,1-4H3,(H,16,17). The molecule has 0 saturated carbocycles. The Kier molecular flexibility index (Phi) is 5.40. The van der Waals surface area contributed by atoms with Gasteiger partial charge >= 0.3 is 5.97 Å². The molecule has 1 N–H and O–H groups in total. The van der Waals surface area contributed by atoms with Gasteiger partial charge in [0.15, 0.2) is 0 Å². The predicted molar refractivity (Wildman–Crippen MR) is 69.2 cm³/mol. The summed E-state index contributed by atoms with van der Waals surface area (Å²) in [6.07, 6.45) is 2.89. The average molecular weight is 242 g/mol. The third-order valence-corrected chi connectivity index (χ3v) is 3.74. The Hall–Kier alpha value is -0.610. The Morgan fingerprint density at radius 2 is 1.94 bits per heavy atom. The van der Waals surface area contributed by atoms with Crippen LogP contribution < -0.4 is 0 Å². The van der Waals surface area contributed by atoms with E-state index in [0.29, 0.717) is 12.0 Å². The summed E-state index contributed by atoms with van der Waals surface area (Å²) in [4.78, 5) is 15.7. The van der Waals surface area contributed by atoms with Gasteiger partial charge in [-0.2, -0.15) is 0 Å². The van der Waals surface area contributed by atoms with Crippen molar-refractivity contribution in [2.75, 3.05) is 27.2 Å². The van der Waals surface area contributed by atoms with E-state index in [0.717, 1.165) is 32.4 Å². The van der Waals surface area contributed by atoms with Crippen LogP contribution in [0.25, 0.3) is 0 Å². The number of aliphatic carboxylic acids is 1. The minimum Gasteiger partial charge on any atom is -0.480 e. The first-order chi connectivity index (χ1) is 7.91. The zero-order valence-electron chi connectivity index (χ0n) is 11.5. The molecule has 1 atom stereocenters. The highest BCUT2D eigenvalue weighted by atomic mass is 16.4. The lowest BCUT2D eigenvalue weighted by Gasteiger charge is -2.38. The lowest BCUT2D eigenvalue weighted by Crippen LogP contribution is -2.49. The minimum absolute atomic E-state index is 0.330. The molecule has 1 rings (SSSR count). The molecule has 0 aliphatic carbocycles. The summed E-state index contributed by atoms with van der Waals surface area (Å²) in [6.45, 7) is 6.31. The summed E-state index contributed by atoms with van der Waals surface area (Å²) in [5, 5.41) is 9.32. The Labute approximate surface area is 105 Å². The first-order valence-electron chi connectivity index (χ1n) is 6.55. The van der Waals surface area contributed by atoms with Gasteiger partial charge in [-0.1, -0.05) is 13.8 Å². The lowest BCUT2D eigenvalue weighted by atomic mass is 9.97. The highest BCUT2D eigenvalue weighted by Crippen LogP contribution is 2.20. The van der Waals surface area contributed by atoms with Crippen molar-refractivity contribution >= 4 is 5.97 Å². The van der Waals surface area contributed by atoms with E-state index >= 15 is 0 Å². The molecule has 0 spiro atoms. The molecule has 0 aromatic carbocycles. The predicted octanol–water partition coefficient (Wildman–Crippen LogP) is 1.51. The molecule has 4 heteroatoms. The number of likely N-dealkylation sites (N-methyl/N-ethyl adjacent to an activating group) is 1. The molecule has 0 radical (unpaired) electrons. The topological polar surface area (TPSA) is 43.8 Å². The quantitative estimate of drug-likeness (QED) is 0.793. The maximum atomic E-state index is 11.3. The fourth-order valence-electron chi connectivity index (χ4n) is 2.54. The first-order valence-corrected chi connectivity index (χ1v) is 6.55. The fraction of sp³-hybridized carbons (Fsp3) is 0.923. The van der Waals surface area contributed by atoms with E-state index < -0.39 is 5.97 Å². The van der Waals surface area contributed by atoms with Crippen LogP contribution in [-0.4, -0.2) is 60.1 Å². The zero-order chi connectivity index (χ0) is 13.0. The third kappa shape index (κ3) is 4.28. The van der Waals surface area contributed by atoms with Crippen LogP contribution in [0.1, 0.15) is 33.1 Å². The molecule has 1 heterocycles. The summed E-state index contributed by atoms with van der Waals surface area (Å²) in [5.74, 6) is -0.259. The van der Waals surface area contributed by atoms with Gasteiger partial charge in [-0.25, -0.2) is 0 Å². The average Bonchev–Trinajstić information content (AvgIpc) is 2.25. The Balaban J connectivity index is 2.58. The third-order valence-electron chi connectivity index (χ3n) is 3.74. The molecular formula is C13H26N2O2. The highest BCUT2D eigenvalue weighted by Gasteiger charge is 2.30. The summed E-state index contributed by atoms with van der Waals surface area (Å²) in [7, 11) is 4.09. The molecule has 1 saturated heterocycles. The lowest BCUT2D eigenvalue weighted by molar-refractivity contribution is -0.144. The van der Waals surface area contributed by atoms with Crippen LogP contribution in [0.15, 0.2) is 0 Å².